The van der Waals surface area contributed by atoms with Crippen LogP contribution in [0.3, 0.4) is 0 Å². The van der Waals surface area contributed by atoms with Crippen LogP contribution in [-0.4, -0.2) is 37.1 Å². The minimum Gasteiger partial charge on any atom is -0.346 e. The number of rotatable bonds is 6. The fourth-order valence-corrected chi connectivity index (χ4v) is 1.06. The van der Waals surface area contributed by atoms with Crippen LogP contribution >= 0.6 is 0 Å². The Morgan fingerprint density at radius 2 is 1.83 bits per heavy atom. The van der Waals surface area contributed by atoms with Gasteiger partial charge in [0.05, 0.1) is 12.6 Å². The van der Waals surface area contributed by atoms with E-state index >= 15 is 0 Å². The van der Waals surface area contributed by atoms with Gasteiger partial charge in [-0.2, -0.15) is 13.2 Å². The second kappa shape index (κ2) is 7.20. The number of nitrogens with one attached hydrogen (secondary N) is 2. The van der Waals surface area contributed by atoms with Crippen LogP contribution in [0.4, 0.5) is 13.2 Å². The van der Waals surface area contributed by atoms with E-state index in [0.717, 1.165) is 0 Å². The highest BCUT2D eigenvalue weighted by Crippen LogP contribution is 2.11. The van der Waals surface area contributed by atoms with E-state index in [0.29, 0.717) is 6.42 Å². The molecule has 0 heterocycles. The highest BCUT2D eigenvalue weighted by Gasteiger charge is 2.27. The molecule has 5 nitrogen and oxygen atoms in total. The highest BCUT2D eigenvalue weighted by atomic mass is 19.4. The summed E-state index contributed by atoms with van der Waals surface area (Å²) in [4.78, 5) is 22.4. The van der Waals surface area contributed by atoms with Crippen LogP contribution in [0.2, 0.25) is 0 Å². The van der Waals surface area contributed by atoms with Gasteiger partial charge in [-0.05, 0) is 5.92 Å². The number of carbonyl (C=O) groups is 2. The highest BCUT2D eigenvalue weighted by molar-refractivity contribution is 5.87. The average Bonchev–Trinajstić information content (AvgIpc) is 2.30. The molecule has 2 amide bonds. The topological polar surface area (TPSA) is 84.2 Å². The zero-order valence-electron chi connectivity index (χ0n) is 10.3. The van der Waals surface area contributed by atoms with Crippen molar-refractivity contribution in [3.8, 4) is 0 Å². The SMILES string of the molecule is CCC(C)C(N)C(=O)NCC(=O)NCC(F)(F)F. The van der Waals surface area contributed by atoms with Gasteiger partial charge in [-0.25, -0.2) is 0 Å². The Kier molecular flexibility index (Phi) is 6.67. The van der Waals surface area contributed by atoms with E-state index in [2.05, 4.69) is 5.32 Å². The molecule has 106 valence electrons. The molecule has 0 aliphatic carbocycles. The molecule has 0 radical (unpaired) electrons. The van der Waals surface area contributed by atoms with Crippen molar-refractivity contribution in [3.63, 3.8) is 0 Å². The molecule has 0 aromatic carbocycles. The fourth-order valence-electron chi connectivity index (χ4n) is 1.06. The number of amides is 2. The van der Waals surface area contributed by atoms with Gasteiger partial charge >= 0.3 is 6.18 Å². The lowest BCUT2D eigenvalue weighted by molar-refractivity contribution is -0.138. The van der Waals surface area contributed by atoms with Gasteiger partial charge in [0.25, 0.3) is 0 Å². The summed E-state index contributed by atoms with van der Waals surface area (Å²) in [7, 11) is 0. The smallest absolute Gasteiger partial charge is 0.346 e. The summed E-state index contributed by atoms with van der Waals surface area (Å²) in [6.07, 6.45) is -3.78. The third kappa shape index (κ3) is 7.10. The lowest BCUT2D eigenvalue weighted by Crippen LogP contribution is -2.48. The molecule has 0 bridgehead atoms. The second-order valence-electron chi connectivity index (χ2n) is 4.02. The molecule has 0 aromatic rings. The first kappa shape index (κ1) is 16.7. The van der Waals surface area contributed by atoms with Gasteiger partial charge in [0.2, 0.25) is 11.8 Å². The van der Waals surface area contributed by atoms with Crippen LogP contribution in [-0.2, 0) is 9.59 Å². The third-order valence-electron chi connectivity index (χ3n) is 2.47. The van der Waals surface area contributed by atoms with Crippen LogP contribution in [0.15, 0.2) is 0 Å². The predicted molar refractivity (Wildman–Crippen MR) is 59.5 cm³/mol. The van der Waals surface area contributed by atoms with Crippen molar-refractivity contribution in [2.75, 3.05) is 13.1 Å². The fraction of sp³-hybridized carbons (Fsp3) is 0.800. The van der Waals surface area contributed by atoms with Gasteiger partial charge in [0, 0.05) is 0 Å². The van der Waals surface area contributed by atoms with E-state index in [9.17, 15) is 22.8 Å². The number of hydrogen-bond donors (Lipinski definition) is 3. The molecular weight excluding hydrogens is 251 g/mol. The largest absolute Gasteiger partial charge is 0.405 e. The second-order valence-corrected chi connectivity index (χ2v) is 4.02. The van der Waals surface area contributed by atoms with Gasteiger partial charge in [-0.15, -0.1) is 0 Å². The Morgan fingerprint density at radius 1 is 1.28 bits per heavy atom. The molecule has 0 aromatic heterocycles. The van der Waals surface area contributed by atoms with Crippen molar-refractivity contribution < 1.29 is 22.8 Å². The predicted octanol–water partition coefficient (Wildman–Crippen LogP) is 0.155. The Balaban J connectivity index is 3.95. The Hall–Kier alpha value is -1.31. The standard InChI is InChI=1S/C10H18F3N3O2/c1-3-6(2)8(14)9(18)15-4-7(17)16-5-10(11,12)13/h6,8H,3-5,14H2,1-2H3,(H,15,18)(H,16,17). The molecule has 0 rings (SSSR count). The van der Waals surface area contributed by atoms with Gasteiger partial charge in [-0.1, -0.05) is 20.3 Å². The molecule has 4 N–H and O–H groups in total. The zero-order chi connectivity index (χ0) is 14.3. The first-order valence-corrected chi connectivity index (χ1v) is 5.54. The summed E-state index contributed by atoms with van der Waals surface area (Å²) >= 11 is 0. The first-order chi connectivity index (χ1) is 8.17. The Morgan fingerprint density at radius 3 is 2.28 bits per heavy atom. The molecule has 0 aliphatic rings. The lowest BCUT2D eigenvalue weighted by atomic mass is 9.99. The van der Waals surface area contributed by atoms with Crippen molar-refractivity contribution in [1.29, 1.82) is 0 Å². The van der Waals surface area contributed by atoms with Crippen molar-refractivity contribution in [3.05, 3.63) is 0 Å². The average molecular weight is 269 g/mol. The van der Waals surface area contributed by atoms with E-state index in [4.69, 9.17) is 5.73 Å². The molecule has 0 aliphatic heterocycles. The van der Waals surface area contributed by atoms with Crippen LogP contribution < -0.4 is 16.4 Å². The van der Waals surface area contributed by atoms with Gasteiger partial charge in [0.15, 0.2) is 0 Å². The molecule has 0 fully saturated rings. The van der Waals surface area contributed by atoms with Crippen molar-refractivity contribution in [2.45, 2.75) is 32.5 Å². The number of halogens is 3. The number of nitrogens with two attached hydrogens (primary N) is 1. The minimum absolute atomic E-state index is 0.0664. The number of alkyl halides is 3. The normalized spacial score (nSPS) is 14.8. The molecule has 0 saturated heterocycles. The molecule has 8 heteroatoms. The molecule has 0 spiro atoms. The van der Waals surface area contributed by atoms with Crippen LogP contribution in [0.25, 0.3) is 0 Å². The Bertz CT molecular complexity index is 295. The summed E-state index contributed by atoms with van der Waals surface area (Å²) < 4.78 is 35.3. The quantitative estimate of drug-likeness (QED) is 0.642. The molecule has 0 saturated carbocycles. The van der Waals surface area contributed by atoms with Crippen molar-refractivity contribution in [1.82, 2.24) is 10.6 Å². The van der Waals surface area contributed by atoms with E-state index in [1.165, 1.54) is 0 Å². The van der Waals surface area contributed by atoms with Gasteiger partial charge in [0.1, 0.15) is 6.54 Å². The van der Waals surface area contributed by atoms with E-state index in [-0.39, 0.29) is 5.92 Å². The van der Waals surface area contributed by atoms with Crippen molar-refractivity contribution in [2.24, 2.45) is 11.7 Å². The summed E-state index contributed by atoms with van der Waals surface area (Å²) in [6.45, 7) is 1.69. The Labute approximate surface area is 103 Å². The summed E-state index contributed by atoms with van der Waals surface area (Å²) in [5.41, 5.74) is 5.58. The maximum absolute atomic E-state index is 11.8. The summed E-state index contributed by atoms with van der Waals surface area (Å²) in [5, 5.41) is 3.83. The van der Waals surface area contributed by atoms with Crippen LogP contribution in [0.5, 0.6) is 0 Å². The number of carbonyl (C=O) groups excluding carboxylic acids is 2. The van der Waals surface area contributed by atoms with Gasteiger partial charge < -0.3 is 16.4 Å². The maximum Gasteiger partial charge on any atom is 0.405 e. The van der Waals surface area contributed by atoms with Crippen molar-refractivity contribution >= 4 is 11.8 Å². The third-order valence-corrected chi connectivity index (χ3v) is 2.47. The monoisotopic (exact) mass is 269 g/mol. The van der Waals surface area contributed by atoms with Crippen LogP contribution in [0, 0.1) is 5.92 Å². The maximum atomic E-state index is 11.8. The number of hydrogen-bond acceptors (Lipinski definition) is 3. The molecular formula is C10H18F3N3O2. The molecule has 2 unspecified atom stereocenters. The molecule has 2 atom stereocenters. The first-order valence-electron chi connectivity index (χ1n) is 5.54. The van der Waals surface area contributed by atoms with E-state index in [1.807, 2.05) is 6.92 Å². The lowest BCUT2D eigenvalue weighted by Gasteiger charge is -2.17. The van der Waals surface area contributed by atoms with Crippen LogP contribution in [0.1, 0.15) is 20.3 Å². The van der Waals surface area contributed by atoms with Gasteiger partial charge in [-0.3, -0.25) is 9.59 Å². The molecule has 18 heavy (non-hydrogen) atoms. The van der Waals surface area contributed by atoms with E-state index in [1.54, 1.807) is 12.2 Å². The zero-order valence-corrected chi connectivity index (χ0v) is 10.3. The van der Waals surface area contributed by atoms with E-state index < -0.39 is 37.1 Å². The minimum atomic E-state index is -4.47. The summed E-state index contributed by atoms with van der Waals surface area (Å²) in [5.74, 6) is -1.52. The summed E-state index contributed by atoms with van der Waals surface area (Å²) in [6, 6.07) is -0.773.